The number of phenols is 1. The number of ether oxygens (including phenoxy) is 1. The molecule has 0 aliphatic carbocycles. The van der Waals surface area contributed by atoms with E-state index in [0.717, 1.165) is 5.56 Å². The Morgan fingerprint density at radius 1 is 1.04 bits per heavy atom. The minimum atomic E-state index is -1.11. The second-order valence-corrected chi connectivity index (χ2v) is 6.31. The highest BCUT2D eigenvalue weighted by atomic mass is 32.2. The number of carboxylic acid groups (broad SMARTS) is 1. The van der Waals surface area contributed by atoms with Crippen LogP contribution in [0.4, 0.5) is 4.79 Å². The Bertz CT molecular complexity index is 690. The molecule has 2 rings (SSSR count). The lowest BCUT2D eigenvalue weighted by molar-refractivity contribution is -0.138. The summed E-state index contributed by atoms with van der Waals surface area (Å²) in [6.07, 6.45) is -0.791. The van der Waals surface area contributed by atoms with Crippen molar-refractivity contribution in [3.05, 3.63) is 65.7 Å². The van der Waals surface area contributed by atoms with Crippen LogP contribution >= 0.6 is 11.8 Å². The van der Waals surface area contributed by atoms with Gasteiger partial charge in [-0.3, -0.25) is 0 Å². The first-order chi connectivity index (χ1) is 12.0. The SMILES string of the molecule is O=C(NC(CSCc1ccccc1)C(=O)O)OCc1ccc(O)cc1. The van der Waals surface area contributed by atoms with Gasteiger partial charge in [0.25, 0.3) is 0 Å². The van der Waals surface area contributed by atoms with Crippen molar-refractivity contribution in [2.75, 3.05) is 5.75 Å². The number of thioether (sulfide) groups is 1. The van der Waals surface area contributed by atoms with Crippen molar-refractivity contribution < 1.29 is 24.5 Å². The molecule has 0 bridgehead atoms. The Hall–Kier alpha value is -2.67. The predicted molar refractivity (Wildman–Crippen MR) is 95.5 cm³/mol. The minimum Gasteiger partial charge on any atom is -0.508 e. The maximum absolute atomic E-state index is 11.8. The van der Waals surface area contributed by atoms with Gasteiger partial charge in [-0.15, -0.1) is 0 Å². The second kappa shape index (κ2) is 9.58. The van der Waals surface area contributed by atoms with E-state index in [-0.39, 0.29) is 18.1 Å². The van der Waals surface area contributed by atoms with Gasteiger partial charge in [0.15, 0.2) is 0 Å². The summed E-state index contributed by atoms with van der Waals surface area (Å²) >= 11 is 1.42. The quantitative estimate of drug-likeness (QED) is 0.669. The topological polar surface area (TPSA) is 95.9 Å². The van der Waals surface area contributed by atoms with Crippen LogP contribution in [0.5, 0.6) is 5.75 Å². The normalized spacial score (nSPS) is 11.5. The Labute approximate surface area is 149 Å². The molecule has 0 aliphatic heterocycles. The lowest BCUT2D eigenvalue weighted by Crippen LogP contribution is -2.42. The number of phenolic OH excluding ortho intramolecular Hbond substituents is 1. The molecular weight excluding hydrogens is 342 g/mol. The van der Waals surface area contributed by atoms with Gasteiger partial charge >= 0.3 is 12.1 Å². The van der Waals surface area contributed by atoms with Crippen molar-refractivity contribution in [1.82, 2.24) is 5.32 Å². The molecule has 0 saturated heterocycles. The number of hydrogen-bond acceptors (Lipinski definition) is 5. The van der Waals surface area contributed by atoms with E-state index in [9.17, 15) is 19.8 Å². The van der Waals surface area contributed by atoms with E-state index in [4.69, 9.17) is 4.74 Å². The van der Waals surface area contributed by atoms with Crippen molar-refractivity contribution in [1.29, 1.82) is 0 Å². The van der Waals surface area contributed by atoms with Gasteiger partial charge in [-0.2, -0.15) is 11.8 Å². The molecular formula is C18H19NO5S. The second-order valence-electron chi connectivity index (χ2n) is 5.28. The molecule has 25 heavy (non-hydrogen) atoms. The molecule has 3 N–H and O–H groups in total. The fourth-order valence-corrected chi connectivity index (χ4v) is 2.98. The first-order valence-electron chi connectivity index (χ1n) is 7.60. The van der Waals surface area contributed by atoms with Crippen LogP contribution in [0.25, 0.3) is 0 Å². The van der Waals surface area contributed by atoms with Gasteiger partial charge in [0.1, 0.15) is 18.4 Å². The molecule has 1 unspecified atom stereocenters. The number of hydrogen-bond donors (Lipinski definition) is 3. The Kier molecular flexibility index (Phi) is 7.16. The summed E-state index contributed by atoms with van der Waals surface area (Å²) in [6, 6.07) is 14.9. The number of nitrogens with one attached hydrogen (secondary N) is 1. The number of benzene rings is 2. The number of aliphatic carboxylic acids is 1. The Morgan fingerprint density at radius 3 is 2.36 bits per heavy atom. The van der Waals surface area contributed by atoms with Gasteiger partial charge < -0.3 is 20.3 Å². The van der Waals surface area contributed by atoms with Gasteiger partial charge in [-0.1, -0.05) is 42.5 Å². The molecule has 0 radical (unpaired) electrons. The molecule has 6 nitrogen and oxygen atoms in total. The van der Waals surface area contributed by atoms with Gasteiger partial charge in [0.05, 0.1) is 0 Å². The van der Waals surface area contributed by atoms with Crippen LogP contribution in [0.15, 0.2) is 54.6 Å². The van der Waals surface area contributed by atoms with E-state index >= 15 is 0 Å². The minimum absolute atomic E-state index is 0.00435. The van der Waals surface area contributed by atoms with Crippen molar-refractivity contribution in [2.45, 2.75) is 18.4 Å². The highest BCUT2D eigenvalue weighted by Crippen LogP contribution is 2.13. The van der Waals surface area contributed by atoms with Crippen molar-refractivity contribution in [3.63, 3.8) is 0 Å². The van der Waals surface area contributed by atoms with Crippen molar-refractivity contribution in [3.8, 4) is 5.75 Å². The number of carboxylic acids is 1. The van der Waals surface area contributed by atoms with Crippen LogP contribution in [0.2, 0.25) is 0 Å². The molecule has 1 amide bonds. The summed E-state index contributed by atoms with van der Waals surface area (Å²) in [7, 11) is 0. The van der Waals surface area contributed by atoms with Crippen molar-refractivity contribution in [2.24, 2.45) is 0 Å². The third-order valence-corrected chi connectivity index (χ3v) is 4.40. The number of carbonyl (C=O) groups excluding carboxylic acids is 1. The van der Waals surface area contributed by atoms with E-state index < -0.39 is 18.1 Å². The van der Waals surface area contributed by atoms with Gasteiger partial charge in [-0.25, -0.2) is 9.59 Å². The standard InChI is InChI=1S/C18H19NO5S/c20-15-8-6-13(7-9-15)10-24-18(23)19-16(17(21)22)12-25-11-14-4-2-1-3-5-14/h1-9,16,20H,10-12H2,(H,19,23)(H,21,22). The average Bonchev–Trinajstić information content (AvgIpc) is 2.61. The molecule has 0 fully saturated rings. The zero-order valence-electron chi connectivity index (χ0n) is 13.4. The molecule has 1 atom stereocenters. The Morgan fingerprint density at radius 2 is 1.72 bits per heavy atom. The van der Waals surface area contributed by atoms with Crippen molar-refractivity contribution >= 4 is 23.8 Å². The molecule has 2 aromatic rings. The number of alkyl carbamates (subject to hydrolysis) is 1. The summed E-state index contributed by atoms with van der Waals surface area (Å²) in [5.41, 5.74) is 1.78. The molecule has 0 aromatic heterocycles. The van der Waals surface area contributed by atoms with E-state index in [1.165, 1.54) is 23.9 Å². The third kappa shape index (κ3) is 6.76. The molecule has 2 aromatic carbocycles. The van der Waals surface area contributed by atoms with Crippen LogP contribution in [-0.4, -0.2) is 34.1 Å². The summed E-state index contributed by atoms with van der Waals surface area (Å²) in [5.74, 6) is -0.0929. The first kappa shape index (κ1) is 18.7. The summed E-state index contributed by atoms with van der Waals surface area (Å²) in [4.78, 5) is 23.1. The highest BCUT2D eigenvalue weighted by Gasteiger charge is 2.20. The maximum Gasteiger partial charge on any atom is 0.408 e. The predicted octanol–water partition coefficient (Wildman–Crippen LogP) is 3.01. The van der Waals surface area contributed by atoms with Gasteiger partial charge in [0.2, 0.25) is 0 Å². The van der Waals surface area contributed by atoms with E-state index in [1.54, 1.807) is 12.1 Å². The smallest absolute Gasteiger partial charge is 0.408 e. The maximum atomic E-state index is 11.8. The van der Waals surface area contributed by atoms with Gasteiger partial charge in [0, 0.05) is 11.5 Å². The fourth-order valence-electron chi connectivity index (χ4n) is 1.97. The van der Waals surface area contributed by atoms with Crippen LogP contribution in [0, 0.1) is 0 Å². The summed E-state index contributed by atoms with van der Waals surface area (Å²) in [6.45, 7) is -0.00435. The number of carbonyl (C=O) groups is 2. The molecule has 132 valence electrons. The highest BCUT2D eigenvalue weighted by molar-refractivity contribution is 7.98. The fraction of sp³-hybridized carbons (Fsp3) is 0.222. The molecule has 0 heterocycles. The van der Waals surface area contributed by atoms with Gasteiger partial charge in [-0.05, 0) is 23.3 Å². The number of rotatable bonds is 8. The van der Waals surface area contributed by atoms with Crippen LogP contribution < -0.4 is 5.32 Å². The summed E-state index contributed by atoms with van der Waals surface area (Å²) < 4.78 is 5.01. The zero-order valence-corrected chi connectivity index (χ0v) is 14.2. The zero-order chi connectivity index (χ0) is 18.1. The number of aromatic hydroxyl groups is 1. The summed E-state index contributed by atoms with van der Waals surface area (Å²) in [5, 5.41) is 20.8. The van der Waals surface area contributed by atoms with Crippen LogP contribution in [0.1, 0.15) is 11.1 Å². The molecule has 0 aliphatic rings. The molecule has 0 spiro atoms. The lowest BCUT2D eigenvalue weighted by atomic mass is 10.2. The largest absolute Gasteiger partial charge is 0.508 e. The third-order valence-electron chi connectivity index (χ3n) is 3.29. The van der Waals surface area contributed by atoms with E-state index in [1.807, 2.05) is 30.3 Å². The average molecular weight is 361 g/mol. The first-order valence-corrected chi connectivity index (χ1v) is 8.76. The van der Waals surface area contributed by atoms with Crippen LogP contribution in [-0.2, 0) is 21.9 Å². The molecule has 7 heteroatoms. The van der Waals surface area contributed by atoms with E-state index in [2.05, 4.69) is 5.32 Å². The van der Waals surface area contributed by atoms with E-state index in [0.29, 0.717) is 11.3 Å². The monoisotopic (exact) mass is 361 g/mol. The molecule has 0 saturated carbocycles. The Balaban J connectivity index is 1.76. The lowest BCUT2D eigenvalue weighted by Gasteiger charge is -2.14. The number of amides is 1. The van der Waals surface area contributed by atoms with Crippen LogP contribution in [0.3, 0.4) is 0 Å².